The first-order chi connectivity index (χ1) is 12.2. The first-order valence-electron chi connectivity index (χ1n) is 7.88. The standard InChI is InChI=1S/C20H15Cl2N3/c21-15-7-5-14(6-8-15)20(25-10-9-23-13-25)18-12-24-11-17(18)16-3-1-2-4-19(16)22/h1-13,20,24H/t20-/m1/s1. The third-order valence-electron chi connectivity index (χ3n) is 4.24. The molecule has 0 radical (unpaired) electrons. The van der Waals surface area contributed by atoms with Gasteiger partial charge in [0.2, 0.25) is 0 Å². The summed E-state index contributed by atoms with van der Waals surface area (Å²) in [6.07, 6.45) is 9.56. The zero-order valence-electron chi connectivity index (χ0n) is 13.2. The summed E-state index contributed by atoms with van der Waals surface area (Å²) in [5, 5.41) is 1.44. The second kappa shape index (κ2) is 6.79. The molecule has 0 aliphatic rings. The lowest BCUT2D eigenvalue weighted by Gasteiger charge is -2.20. The van der Waals surface area contributed by atoms with Gasteiger partial charge in [-0.05, 0) is 23.8 Å². The van der Waals surface area contributed by atoms with E-state index in [9.17, 15) is 0 Å². The number of nitrogens with one attached hydrogen (secondary N) is 1. The molecule has 0 saturated carbocycles. The van der Waals surface area contributed by atoms with Gasteiger partial charge in [-0.2, -0.15) is 0 Å². The van der Waals surface area contributed by atoms with Crippen LogP contribution in [-0.4, -0.2) is 14.5 Å². The number of benzene rings is 2. The van der Waals surface area contributed by atoms with Gasteiger partial charge in [0, 0.05) is 51.5 Å². The van der Waals surface area contributed by atoms with Crippen molar-refractivity contribution < 1.29 is 0 Å². The molecular weight excluding hydrogens is 353 g/mol. The van der Waals surface area contributed by atoms with Crippen LogP contribution in [0.3, 0.4) is 0 Å². The Morgan fingerprint density at radius 3 is 2.44 bits per heavy atom. The second-order valence-electron chi connectivity index (χ2n) is 5.77. The molecule has 1 atom stereocenters. The SMILES string of the molecule is Clc1ccc([C@H](c2c[nH]cc2-c2ccccc2Cl)n2ccnc2)cc1. The van der Waals surface area contributed by atoms with E-state index in [2.05, 4.69) is 14.5 Å². The van der Waals surface area contributed by atoms with Gasteiger partial charge in [0.05, 0.1) is 12.4 Å². The van der Waals surface area contributed by atoms with Crippen molar-refractivity contribution in [3.05, 3.63) is 101 Å². The monoisotopic (exact) mass is 367 g/mol. The quantitative estimate of drug-likeness (QED) is 0.484. The Labute approximate surface area is 155 Å². The molecule has 0 fully saturated rings. The highest BCUT2D eigenvalue weighted by Crippen LogP contribution is 2.37. The second-order valence-corrected chi connectivity index (χ2v) is 6.61. The largest absolute Gasteiger partial charge is 0.367 e. The molecule has 0 saturated heterocycles. The van der Waals surface area contributed by atoms with Gasteiger partial charge < -0.3 is 9.55 Å². The van der Waals surface area contributed by atoms with E-state index in [1.807, 2.05) is 73.4 Å². The molecule has 0 aliphatic heterocycles. The van der Waals surface area contributed by atoms with Gasteiger partial charge >= 0.3 is 0 Å². The van der Waals surface area contributed by atoms with Crippen LogP contribution in [-0.2, 0) is 0 Å². The molecule has 25 heavy (non-hydrogen) atoms. The molecule has 0 aliphatic carbocycles. The average Bonchev–Trinajstić information content (AvgIpc) is 3.30. The Morgan fingerprint density at radius 2 is 1.72 bits per heavy atom. The Hall–Kier alpha value is -2.49. The highest BCUT2D eigenvalue weighted by atomic mass is 35.5. The third kappa shape index (κ3) is 3.09. The van der Waals surface area contributed by atoms with Gasteiger partial charge in [-0.1, -0.05) is 53.5 Å². The van der Waals surface area contributed by atoms with Crippen LogP contribution < -0.4 is 0 Å². The number of aromatic amines is 1. The van der Waals surface area contributed by atoms with Gasteiger partial charge in [0.15, 0.2) is 0 Å². The van der Waals surface area contributed by atoms with Crippen molar-refractivity contribution in [1.82, 2.24) is 14.5 Å². The van der Waals surface area contributed by atoms with E-state index in [-0.39, 0.29) is 6.04 Å². The van der Waals surface area contributed by atoms with E-state index >= 15 is 0 Å². The van der Waals surface area contributed by atoms with E-state index < -0.39 is 0 Å². The highest BCUT2D eigenvalue weighted by molar-refractivity contribution is 6.33. The van der Waals surface area contributed by atoms with Crippen molar-refractivity contribution in [3.63, 3.8) is 0 Å². The maximum Gasteiger partial charge on any atom is 0.0954 e. The van der Waals surface area contributed by atoms with Crippen LogP contribution in [0.25, 0.3) is 11.1 Å². The van der Waals surface area contributed by atoms with Crippen LogP contribution in [0, 0.1) is 0 Å². The van der Waals surface area contributed by atoms with Gasteiger partial charge in [-0.3, -0.25) is 0 Å². The maximum atomic E-state index is 6.43. The summed E-state index contributed by atoms with van der Waals surface area (Å²) < 4.78 is 2.08. The lowest BCUT2D eigenvalue weighted by molar-refractivity contribution is 0.679. The number of imidazole rings is 1. The van der Waals surface area contributed by atoms with E-state index in [0.29, 0.717) is 5.02 Å². The molecule has 3 nitrogen and oxygen atoms in total. The summed E-state index contributed by atoms with van der Waals surface area (Å²) >= 11 is 12.5. The number of halogens is 2. The van der Waals surface area contributed by atoms with E-state index in [0.717, 1.165) is 27.3 Å². The fourth-order valence-electron chi connectivity index (χ4n) is 3.09. The maximum absolute atomic E-state index is 6.43. The number of aromatic nitrogens is 3. The average molecular weight is 368 g/mol. The number of hydrogen-bond acceptors (Lipinski definition) is 1. The summed E-state index contributed by atoms with van der Waals surface area (Å²) in [4.78, 5) is 7.45. The first kappa shape index (κ1) is 16.0. The van der Waals surface area contributed by atoms with Crippen LogP contribution in [0.2, 0.25) is 10.0 Å². The Kier molecular flexibility index (Phi) is 4.35. The van der Waals surface area contributed by atoms with Crippen molar-refractivity contribution in [2.45, 2.75) is 6.04 Å². The highest BCUT2D eigenvalue weighted by Gasteiger charge is 2.21. The summed E-state index contributed by atoms with van der Waals surface area (Å²) in [5.74, 6) is 0. The molecule has 5 heteroatoms. The molecule has 4 aromatic rings. The fourth-order valence-corrected chi connectivity index (χ4v) is 3.46. The van der Waals surface area contributed by atoms with Gasteiger partial charge in [-0.25, -0.2) is 4.98 Å². The molecule has 0 amide bonds. The van der Waals surface area contributed by atoms with Crippen molar-refractivity contribution >= 4 is 23.2 Å². The van der Waals surface area contributed by atoms with Gasteiger partial charge in [0.25, 0.3) is 0 Å². The Balaban J connectivity index is 1.89. The topological polar surface area (TPSA) is 33.6 Å². The molecule has 2 aromatic carbocycles. The number of H-pyrrole nitrogens is 1. The van der Waals surface area contributed by atoms with Gasteiger partial charge in [0.1, 0.15) is 0 Å². The van der Waals surface area contributed by atoms with Crippen molar-refractivity contribution in [2.75, 3.05) is 0 Å². The molecule has 0 unspecified atom stereocenters. The molecular formula is C20H15Cl2N3. The van der Waals surface area contributed by atoms with Crippen LogP contribution in [0.4, 0.5) is 0 Å². The zero-order chi connectivity index (χ0) is 17.2. The lowest BCUT2D eigenvalue weighted by Crippen LogP contribution is -2.10. The lowest BCUT2D eigenvalue weighted by atomic mass is 9.94. The smallest absolute Gasteiger partial charge is 0.0954 e. The molecule has 2 heterocycles. The predicted molar refractivity (Wildman–Crippen MR) is 102 cm³/mol. The molecule has 1 N–H and O–H groups in total. The summed E-state index contributed by atoms with van der Waals surface area (Å²) in [6.45, 7) is 0. The third-order valence-corrected chi connectivity index (χ3v) is 4.83. The molecule has 0 spiro atoms. The van der Waals surface area contributed by atoms with E-state index in [1.165, 1.54) is 0 Å². The number of hydrogen-bond donors (Lipinski definition) is 1. The summed E-state index contributed by atoms with van der Waals surface area (Å²) in [6, 6.07) is 15.7. The normalized spacial score (nSPS) is 12.2. The van der Waals surface area contributed by atoms with Crippen LogP contribution in [0.15, 0.2) is 79.6 Å². The van der Waals surface area contributed by atoms with E-state index in [1.54, 1.807) is 6.20 Å². The van der Waals surface area contributed by atoms with E-state index in [4.69, 9.17) is 23.2 Å². The van der Waals surface area contributed by atoms with Gasteiger partial charge in [-0.15, -0.1) is 0 Å². The first-order valence-corrected chi connectivity index (χ1v) is 8.64. The minimum atomic E-state index is -0.0303. The molecule has 0 bridgehead atoms. The number of rotatable bonds is 4. The van der Waals surface area contributed by atoms with Crippen LogP contribution in [0.1, 0.15) is 17.2 Å². The minimum absolute atomic E-state index is 0.0303. The van der Waals surface area contributed by atoms with Crippen molar-refractivity contribution in [2.24, 2.45) is 0 Å². The Bertz CT molecular complexity index is 972. The minimum Gasteiger partial charge on any atom is -0.367 e. The van der Waals surface area contributed by atoms with Crippen molar-refractivity contribution in [3.8, 4) is 11.1 Å². The fraction of sp³-hybridized carbons (Fsp3) is 0.0500. The van der Waals surface area contributed by atoms with Crippen LogP contribution >= 0.6 is 23.2 Å². The van der Waals surface area contributed by atoms with Crippen molar-refractivity contribution in [1.29, 1.82) is 0 Å². The number of nitrogens with zero attached hydrogens (tertiary/aromatic N) is 2. The summed E-state index contributed by atoms with van der Waals surface area (Å²) in [5.41, 5.74) is 4.31. The Morgan fingerprint density at radius 1 is 0.920 bits per heavy atom. The zero-order valence-corrected chi connectivity index (χ0v) is 14.7. The van der Waals surface area contributed by atoms with Crippen LogP contribution in [0.5, 0.6) is 0 Å². The molecule has 124 valence electrons. The molecule has 2 aromatic heterocycles. The summed E-state index contributed by atoms with van der Waals surface area (Å²) in [7, 11) is 0. The molecule has 4 rings (SSSR count). The predicted octanol–water partition coefficient (Wildman–Crippen LogP) is 5.82.